The van der Waals surface area contributed by atoms with Gasteiger partial charge in [-0.05, 0) is 35.9 Å². The van der Waals surface area contributed by atoms with Crippen LogP contribution < -0.4 is 10.6 Å². The zero-order valence-electron chi connectivity index (χ0n) is 14.0. The minimum Gasteiger partial charge on any atom is -0.348 e. The van der Waals surface area contributed by atoms with Gasteiger partial charge in [0.2, 0.25) is 5.91 Å². The summed E-state index contributed by atoms with van der Waals surface area (Å²) in [5, 5.41) is 5.37. The molecule has 136 valence electrons. The summed E-state index contributed by atoms with van der Waals surface area (Å²) in [4.78, 5) is 23.9. The molecule has 0 aliphatic rings. The number of carbonyl (C=O) groups excluding carboxylic acids is 2. The first-order chi connectivity index (χ1) is 12.2. The molecule has 26 heavy (non-hydrogen) atoms. The van der Waals surface area contributed by atoms with Gasteiger partial charge in [0.1, 0.15) is 0 Å². The van der Waals surface area contributed by atoms with Crippen molar-refractivity contribution in [2.24, 2.45) is 0 Å². The fourth-order valence-corrected chi connectivity index (χ4v) is 3.56. The average molecular weight is 393 g/mol. The molecule has 2 aromatic carbocycles. The van der Waals surface area contributed by atoms with Crippen molar-refractivity contribution in [1.82, 2.24) is 5.32 Å². The first-order valence-electron chi connectivity index (χ1n) is 7.51. The molecular formula is C18H17ClN2O4S. The Kier molecular flexibility index (Phi) is 6.18. The SMILES string of the molecule is C=CC(=O)Nc1ccccc1C(=O)NCc1ccc(S(C)(=O)=O)c(Cl)c1. The quantitative estimate of drug-likeness (QED) is 0.739. The summed E-state index contributed by atoms with van der Waals surface area (Å²) in [7, 11) is -3.41. The highest BCUT2D eigenvalue weighted by atomic mass is 35.5. The highest BCUT2D eigenvalue weighted by molar-refractivity contribution is 7.90. The highest BCUT2D eigenvalue weighted by Crippen LogP contribution is 2.22. The van der Waals surface area contributed by atoms with E-state index < -0.39 is 21.7 Å². The third kappa shape index (κ3) is 4.93. The van der Waals surface area contributed by atoms with E-state index in [2.05, 4.69) is 17.2 Å². The molecule has 2 amide bonds. The summed E-state index contributed by atoms with van der Waals surface area (Å²) in [5.74, 6) is -0.818. The van der Waals surface area contributed by atoms with Crippen molar-refractivity contribution in [3.8, 4) is 0 Å². The molecule has 6 nitrogen and oxygen atoms in total. The second-order valence-electron chi connectivity index (χ2n) is 5.46. The molecule has 2 rings (SSSR count). The normalized spacial score (nSPS) is 10.8. The number of rotatable bonds is 6. The number of carbonyl (C=O) groups is 2. The molecule has 8 heteroatoms. The summed E-state index contributed by atoms with van der Waals surface area (Å²) >= 11 is 6.00. The van der Waals surface area contributed by atoms with Crippen molar-refractivity contribution in [3.05, 3.63) is 71.3 Å². The lowest BCUT2D eigenvalue weighted by Gasteiger charge is -2.11. The van der Waals surface area contributed by atoms with E-state index in [1.54, 1.807) is 30.3 Å². The number of sulfone groups is 1. The largest absolute Gasteiger partial charge is 0.348 e. The van der Waals surface area contributed by atoms with Gasteiger partial charge in [0, 0.05) is 12.8 Å². The maximum atomic E-state index is 12.4. The standard InChI is InChI=1S/C18H17ClN2O4S/c1-3-17(22)21-15-7-5-4-6-13(15)18(23)20-11-12-8-9-16(14(19)10-12)26(2,24)25/h3-10H,1,11H2,2H3,(H,20,23)(H,21,22). The molecule has 2 N–H and O–H groups in total. The average Bonchev–Trinajstić information content (AvgIpc) is 2.59. The van der Waals surface area contributed by atoms with E-state index >= 15 is 0 Å². The minimum absolute atomic E-state index is 0.0340. The van der Waals surface area contributed by atoms with Gasteiger partial charge in [-0.2, -0.15) is 0 Å². The molecule has 0 aliphatic heterocycles. The summed E-state index contributed by atoms with van der Waals surface area (Å²) in [6.45, 7) is 3.52. The second kappa shape index (κ2) is 8.16. The van der Waals surface area contributed by atoms with Crippen molar-refractivity contribution in [2.45, 2.75) is 11.4 Å². The Labute approximate surface area is 156 Å². The Balaban J connectivity index is 2.14. The van der Waals surface area contributed by atoms with E-state index in [4.69, 9.17) is 11.6 Å². The summed E-state index contributed by atoms with van der Waals surface area (Å²) in [6.07, 6.45) is 2.18. The maximum absolute atomic E-state index is 12.4. The summed E-state index contributed by atoms with van der Waals surface area (Å²) in [6, 6.07) is 11.0. The zero-order chi connectivity index (χ0) is 19.3. The predicted octanol–water partition coefficient (Wildman–Crippen LogP) is 2.80. The number of hydrogen-bond acceptors (Lipinski definition) is 4. The lowest BCUT2D eigenvalue weighted by atomic mass is 10.1. The van der Waals surface area contributed by atoms with Gasteiger partial charge < -0.3 is 10.6 Å². The Hall–Kier alpha value is -2.64. The topological polar surface area (TPSA) is 92.3 Å². The molecule has 0 atom stereocenters. The monoisotopic (exact) mass is 392 g/mol. The fourth-order valence-electron chi connectivity index (χ4n) is 2.21. The van der Waals surface area contributed by atoms with Crippen LogP contribution in [0.4, 0.5) is 5.69 Å². The van der Waals surface area contributed by atoms with Crippen molar-refractivity contribution in [3.63, 3.8) is 0 Å². The Morgan fingerprint density at radius 1 is 1.19 bits per heavy atom. The van der Waals surface area contributed by atoms with Gasteiger partial charge in [-0.3, -0.25) is 9.59 Å². The van der Waals surface area contributed by atoms with E-state index in [0.717, 1.165) is 12.3 Å². The van der Waals surface area contributed by atoms with Gasteiger partial charge in [-0.25, -0.2) is 8.42 Å². The lowest BCUT2D eigenvalue weighted by Crippen LogP contribution is -2.24. The minimum atomic E-state index is -3.41. The number of amides is 2. The summed E-state index contributed by atoms with van der Waals surface area (Å²) < 4.78 is 23.1. The first kappa shape index (κ1) is 19.7. The van der Waals surface area contributed by atoms with Crippen molar-refractivity contribution in [2.75, 3.05) is 11.6 Å². The van der Waals surface area contributed by atoms with Crippen LogP contribution in [0.15, 0.2) is 60.0 Å². The molecule has 0 heterocycles. The summed E-state index contributed by atoms with van der Waals surface area (Å²) in [5.41, 5.74) is 1.30. The second-order valence-corrected chi connectivity index (χ2v) is 7.85. The number of nitrogens with one attached hydrogen (secondary N) is 2. The predicted molar refractivity (Wildman–Crippen MR) is 101 cm³/mol. The number of halogens is 1. The van der Waals surface area contributed by atoms with Crippen LogP contribution in [0.25, 0.3) is 0 Å². The first-order valence-corrected chi connectivity index (χ1v) is 9.78. The smallest absolute Gasteiger partial charge is 0.253 e. The molecule has 0 saturated carbocycles. The van der Waals surface area contributed by atoms with Crippen molar-refractivity contribution < 1.29 is 18.0 Å². The molecule has 0 bridgehead atoms. The number of benzene rings is 2. The number of para-hydroxylation sites is 1. The molecular weight excluding hydrogens is 376 g/mol. The number of hydrogen-bond donors (Lipinski definition) is 2. The molecule has 0 fully saturated rings. The highest BCUT2D eigenvalue weighted by Gasteiger charge is 2.14. The molecule has 2 aromatic rings. The fraction of sp³-hybridized carbons (Fsp3) is 0.111. The Morgan fingerprint density at radius 2 is 1.88 bits per heavy atom. The van der Waals surface area contributed by atoms with Gasteiger partial charge in [-0.1, -0.05) is 36.4 Å². The van der Waals surface area contributed by atoms with Crippen LogP contribution in [-0.2, 0) is 21.2 Å². The van der Waals surface area contributed by atoms with Gasteiger partial charge in [-0.15, -0.1) is 0 Å². The van der Waals surface area contributed by atoms with Crippen LogP contribution >= 0.6 is 11.6 Å². The van der Waals surface area contributed by atoms with E-state index in [1.165, 1.54) is 12.1 Å². The van der Waals surface area contributed by atoms with E-state index in [-0.39, 0.29) is 16.5 Å². The van der Waals surface area contributed by atoms with Crippen LogP contribution in [0, 0.1) is 0 Å². The maximum Gasteiger partial charge on any atom is 0.253 e. The van der Waals surface area contributed by atoms with E-state index in [1.807, 2.05) is 0 Å². The van der Waals surface area contributed by atoms with Gasteiger partial charge >= 0.3 is 0 Å². The Bertz CT molecular complexity index is 971. The third-order valence-electron chi connectivity index (χ3n) is 3.46. The van der Waals surface area contributed by atoms with E-state index in [9.17, 15) is 18.0 Å². The zero-order valence-corrected chi connectivity index (χ0v) is 15.5. The Morgan fingerprint density at radius 3 is 2.50 bits per heavy atom. The van der Waals surface area contributed by atoms with Crippen LogP contribution in [0.5, 0.6) is 0 Å². The third-order valence-corrected chi connectivity index (χ3v) is 5.04. The van der Waals surface area contributed by atoms with Gasteiger partial charge in [0.05, 0.1) is 21.2 Å². The van der Waals surface area contributed by atoms with Crippen LogP contribution in [-0.4, -0.2) is 26.5 Å². The van der Waals surface area contributed by atoms with Crippen molar-refractivity contribution >= 4 is 38.9 Å². The van der Waals surface area contributed by atoms with Crippen LogP contribution in [0.1, 0.15) is 15.9 Å². The van der Waals surface area contributed by atoms with Crippen LogP contribution in [0.2, 0.25) is 5.02 Å². The molecule has 0 unspecified atom stereocenters. The molecule has 0 aliphatic carbocycles. The van der Waals surface area contributed by atoms with Gasteiger partial charge in [0.15, 0.2) is 9.84 Å². The molecule has 0 radical (unpaired) electrons. The molecule has 0 spiro atoms. The lowest BCUT2D eigenvalue weighted by molar-refractivity contribution is -0.111. The van der Waals surface area contributed by atoms with E-state index in [0.29, 0.717) is 16.8 Å². The molecule has 0 saturated heterocycles. The van der Waals surface area contributed by atoms with Crippen molar-refractivity contribution in [1.29, 1.82) is 0 Å². The molecule has 0 aromatic heterocycles. The van der Waals surface area contributed by atoms with Gasteiger partial charge in [0.25, 0.3) is 5.91 Å². The van der Waals surface area contributed by atoms with Crippen LogP contribution in [0.3, 0.4) is 0 Å². The number of anilines is 1.